The van der Waals surface area contributed by atoms with E-state index >= 15 is 0 Å². The van der Waals surface area contributed by atoms with Crippen molar-refractivity contribution < 1.29 is 52.1 Å². The summed E-state index contributed by atoms with van der Waals surface area (Å²) in [4.78, 5) is 0. The fraction of sp³-hybridized carbons (Fsp3) is 1.00. The fourth-order valence-electron chi connectivity index (χ4n) is 2.22. The largest absolute Gasteiger partial charge is 0.382 e. The zero-order valence-corrected chi connectivity index (χ0v) is 20.8. The van der Waals surface area contributed by atoms with E-state index in [1.807, 2.05) is 0 Å². The molecule has 0 spiro atoms. The van der Waals surface area contributed by atoms with Crippen LogP contribution < -0.4 is 0 Å². The van der Waals surface area contributed by atoms with Gasteiger partial charge in [0.15, 0.2) is 0 Å². The van der Waals surface area contributed by atoms with Crippen molar-refractivity contribution in [3.05, 3.63) is 0 Å². The van der Waals surface area contributed by atoms with Crippen molar-refractivity contribution in [2.24, 2.45) is 0 Å². The molecule has 11 heteroatoms. The summed E-state index contributed by atoms with van der Waals surface area (Å²) >= 11 is 0. The van der Waals surface area contributed by atoms with Crippen LogP contribution in [0.25, 0.3) is 0 Å². The minimum atomic E-state index is -0.132. The Labute approximate surface area is 199 Å². The van der Waals surface area contributed by atoms with E-state index in [-0.39, 0.29) is 6.10 Å². The highest BCUT2D eigenvalue weighted by Gasteiger charge is 2.07. The Kier molecular flexibility index (Phi) is 29.2. The molecule has 0 saturated carbocycles. The number of methoxy groups -OCH3 is 3. The highest BCUT2D eigenvalue weighted by molar-refractivity contribution is 4.54. The smallest absolute Gasteiger partial charge is 0.104 e. The molecule has 0 rings (SSSR count). The Bertz CT molecular complexity index is 320. The molecule has 0 aromatic heterocycles. The molecule has 0 bridgehead atoms. The van der Waals surface area contributed by atoms with E-state index in [4.69, 9.17) is 52.1 Å². The molecular weight excluding hydrogens is 440 g/mol. The van der Waals surface area contributed by atoms with Gasteiger partial charge < -0.3 is 52.1 Å². The van der Waals surface area contributed by atoms with Crippen LogP contribution in [0.2, 0.25) is 0 Å². The lowest BCUT2D eigenvalue weighted by molar-refractivity contribution is -0.0626. The maximum absolute atomic E-state index is 5.57. The van der Waals surface area contributed by atoms with Crippen molar-refractivity contribution in [3.8, 4) is 0 Å². The second-order valence-electron chi connectivity index (χ2n) is 6.67. The highest BCUT2D eigenvalue weighted by Crippen LogP contribution is 1.94. The third-order valence-electron chi connectivity index (χ3n) is 4.04. The van der Waals surface area contributed by atoms with Crippen LogP contribution in [0.3, 0.4) is 0 Å². The molecule has 0 heterocycles. The van der Waals surface area contributed by atoms with Crippen LogP contribution in [-0.4, -0.2) is 146 Å². The summed E-state index contributed by atoms with van der Waals surface area (Å²) in [5, 5.41) is 0. The average Bonchev–Trinajstić information content (AvgIpc) is 2.83. The Morgan fingerprint density at radius 3 is 0.818 bits per heavy atom. The predicted molar refractivity (Wildman–Crippen MR) is 121 cm³/mol. The monoisotopic (exact) mass is 486 g/mol. The normalized spacial score (nSPS) is 11.6. The van der Waals surface area contributed by atoms with Crippen LogP contribution in [0.4, 0.5) is 0 Å². The van der Waals surface area contributed by atoms with Crippen LogP contribution in [0.5, 0.6) is 0 Å². The minimum Gasteiger partial charge on any atom is -0.382 e. The first-order valence-corrected chi connectivity index (χ1v) is 11.5. The van der Waals surface area contributed by atoms with Gasteiger partial charge in [0.1, 0.15) is 6.10 Å². The second kappa shape index (κ2) is 29.6. The van der Waals surface area contributed by atoms with Gasteiger partial charge in [-0.2, -0.15) is 0 Å². The molecule has 0 aliphatic rings. The average molecular weight is 487 g/mol. The second-order valence-corrected chi connectivity index (χ2v) is 6.67. The van der Waals surface area contributed by atoms with Crippen LogP contribution in [0.15, 0.2) is 0 Å². The van der Waals surface area contributed by atoms with Gasteiger partial charge in [-0.15, -0.1) is 0 Å². The lowest BCUT2D eigenvalue weighted by Gasteiger charge is -2.16. The van der Waals surface area contributed by atoms with E-state index in [1.165, 1.54) is 0 Å². The van der Waals surface area contributed by atoms with E-state index < -0.39 is 0 Å². The standard InChI is InChI=1S/C22H46O11/c1-23-4-6-26-8-10-28-12-14-30-16-18-32-20-22(25-3)21-33-19-17-31-15-13-29-11-9-27-7-5-24-2/h22H,4-21H2,1-3H3. The zero-order valence-electron chi connectivity index (χ0n) is 20.8. The van der Waals surface area contributed by atoms with Gasteiger partial charge >= 0.3 is 0 Å². The molecule has 33 heavy (non-hydrogen) atoms. The molecule has 0 aliphatic carbocycles. The van der Waals surface area contributed by atoms with E-state index in [0.717, 1.165) is 0 Å². The molecule has 0 amide bonds. The molecule has 0 unspecified atom stereocenters. The summed E-state index contributed by atoms with van der Waals surface area (Å²) in [6.07, 6.45) is -0.132. The van der Waals surface area contributed by atoms with Crippen molar-refractivity contribution >= 4 is 0 Å². The van der Waals surface area contributed by atoms with Gasteiger partial charge in [0.05, 0.1) is 119 Å². The summed E-state index contributed by atoms with van der Waals surface area (Å²) in [7, 11) is 4.92. The maximum atomic E-state index is 5.57. The third-order valence-corrected chi connectivity index (χ3v) is 4.04. The van der Waals surface area contributed by atoms with Gasteiger partial charge in [-0.1, -0.05) is 0 Å². The molecule has 0 saturated heterocycles. The maximum Gasteiger partial charge on any atom is 0.104 e. The SMILES string of the molecule is COCCOCCOCCOCCOCC(COCCOCCOCCOCCOC)OC. The molecule has 200 valence electrons. The van der Waals surface area contributed by atoms with E-state index in [9.17, 15) is 0 Å². The first-order valence-electron chi connectivity index (χ1n) is 11.5. The summed E-state index contributed by atoms with van der Waals surface area (Å²) in [5.41, 5.74) is 0. The van der Waals surface area contributed by atoms with Crippen molar-refractivity contribution in [3.63, 3.8) is 0 Å². The van der Waals surface area contributed by atoms with Crippen LogP contribution >= 0.6 is 0 Å². The van der Waals surface area contributed by atoms with Gasteiger partial charge in [-0.25, -0.2) is 0 Å². The van der Waals surface area contributed by atoms with Gasteiger partial charge in [0, 0.05) is 21.3 Å². The van der Waals surface area contributed by atoms with Crippen LogP contribution in [-0.2, 0) is 52.1 Å². The Morgan fingerprint density at radius 1 is 0.333 bits per heavy atom. The van der Waals surface area contributed by atoms with Crippen molar-refractivity contribution in [2.75, 3.05) is 140 Å². The predicted octanol–water partition coefficient (Wildman–Crippen LogP) is 0.427. The fourth-order valence-corrected chi connectivity index (χ4v) is 2.22. The lowest BCUT2D eigenvalue weighted by atomic mass is 10.4. The number of hydrogen-bond donors (Lipinski definition) is 0. The Morgan fingerprint density at radius 2 is 0.576 bits per heavy atom. The molecule has 0 aromatic rings. The number of hydrogen-bond acceptors (Lipinski definition) is 11. The summed E-state index contributed by atoms with van der Waals surface area (Å²) < 4.78 is 58.5. The molecule has 0 radical (unpaired) electrons. The quantitative estimate of drug-likeness (QED) is 0.138. The first-order chi connectivity index (χ1) is 16.3. The van der Waals surface area contributed by atoms with Gasteiger partial charge in [0.2, 0.25) is 0 Å². The molecule has 0 N–H and O–H groups in total. The van der Waals surface area contributed by atoms with Crippen LogP contribution in [0, 0.1) is 0 Å². The highest BCUT2D eigenvalue weighted by atomic mass is 16.6. The third kappa shape index (κ3) is 27.7. The number of ether oxygens (including phenoxy) is 11. The minimum absolute atomic E-state index is 0.132. The van der Waals surface area contributed by atoms with E-state index in [1.54, 1.807) is 21.3 Å². The molecule has 11 nitrogen and oxygen atoms in total. The van der Waals surface area contributed by atoms with Crippen molar-refractivity contribution in [2.45, 2.75) is 6.10 Å². The van der Waals surface area contributed by atoms with Gasteiger partial charge in [-0.3, -0.25) is 0 Å². The van der Waals surface area contributed by atoms with Gasteiger partial charge in [0.25, 0.3) is 0 Å². The Balaban J connectivity index is 3.26. The molecule has 0 fully saturated rings. The molecular formula is C22H46O11. The van der Waals surface area contributed by atoms with Gasteiger partial charge in [-0.05, 0) is 0 Å². The lowest BCUT2D eigenvalue weighted by Crippen LogP contribution is -2.26. The summed E-state index contributed by atoms with van der Waals surface area (Å²) in [6, 6.07) is 0. The zero-order chi connectivity index (χ0) is 24.1. The molecule has 0 aliphatic heterocycles. The summed E-state index contributed by atoms with van der Waals surface area (Å²) in [5.74, 6) is 0. The first kappa shape index (κ1) is 32.6. The van der Waals surface area contributed by atoms with E-state index in [0.29, 0.717) is 119 Å². The topological polar surface area (TPSA) is 102 Å². The molecule has 0 aromatic carbocycles. The van der Waals surface area contributed by atoms with Crippen LogP contribution in [0.1, 0.15) is 0 Å². The van der Waals surface area contributed by atoms with E-state index in [2.05, 4.69) is 0 Å². The van der Waals surface area contributed by atoms with Crippen molar-refractivity contribution in [1.82, 2.24) is 0 Å². The number of rotatable bonds is 29. The van der Waals surface area contributed by atoms with Crippen molar-refractivity contribution in [1.29, 1.82) is 0 Å². The summed E-state index contributed by atoms with van der Waals surface area (Å²) in [6.45, 7) is 9.50. The Hall–Kier alpha value is -0.440. The molecule has 0 atom stereocenters.